The van der Waals surface area contributed by atoms with E-state index < -0.39 is 0 Å². The van der Waals surface area contributed by atoms with E-state index in [9.17, 15) is 0 Å². The summed E-state index contributed by atoms with van der Waals surface area (Å²) in [7, 11) is 0. The number of nitrogens with zero attached hydrogens (tertiary/aromatic N) is 1. The van der Waals surface area contributed by atoms with Gasteiger partial charge in [-0.2, -0.15) is 0 Å². The Kier molecular flexibility index (Phi) is 8.46. The van der Waals surface area contributed by atoms with E-state index in [1.54, 1.807) is 0 Å². The summed E-state index contributed by atoms with van der Waals surface area (Å²) in [4.78, 5) is 2.38. The second-order valence-electron chi connectivity index (χ2n) is 6.13. The predicted octanol–water partition coefficient (Wildman–Crippen LogP) is 4.64. The van der Waals surface area contributed by atoms with E-state index in [0.717, 1.165) is 19.6 Å². The van der Waals surface area contributed by atoms with Crippen molar-refractivity contribution in [2.75, 3.05) is 13.1 Å². The lowest BCUT2D eigenvalue weighted by Crippen LogP contribution is -2.28. The molecule has 0 aromatic heterocycles. The zero-order valence-corrected chi connectivity index (χ0v) is 15.0. The molecule has 0 bridgehead atoms. The minimum absolute atomic E-state index is 0.694. The van der Waals surface area contributed by atoms with Crippen molar-refractivity contribution in [2.24, 2.45) is 5.73 Å². The molecule has 0 amide bonds. The summed E-state index contributed by atoms with van der Waals surface area (Å²) in [6.07, 6.45) is 0. The quantitative estimate of drug-likeness (QED) is 0.712. The van der Waals surface area contributed by atoms with E-state index >= 15 is 0 Å². The summed E-state index contributed by atoms with van der Waals surface area (Å²) in [5, 5.41) is 0. The maximum absolute atomic E-state index is 5.70. The Bertz CT molecular complexity index is 640. The van der Waals surface area contributed by atoms with Crippen molar-refractivity contribution in [1.82, 2.24) is 4.90 Å². The zero-order valence-electron chi connectivity index (χ0n) is 15.0. The summed E-state index contributed by atoms with van der Waals surface area (Å²) < 4.78 is 0. The predicted molar refractivity (Wildman–Crippen MR) is 107 cm³/mol. The molecule has 0 radical (unpaired) electrons. The van der Waals surface area contributed by atoms with Gasteiger partial charge in [0.15, 0.2) is 0 Å². The number of aryl methyl sites for hydroxylation is 1. The van der Waals surface area contributed by atoms with Crippen LogP contribution < -0.4 is 5.73 Å². The molecule has 0 heterocycles. The van der Waals surface area contributed by atoms with Crippen LogP contribution in [0.3, 0.4) is 0 Å². The molecule has 0 aliphatic rings. The van der Waals surface area contributed by atoms with E-state index in [1.807, 2.05) is 30.3 Å². The molecule has 3 rings (SSSR count). The van der Waals surface area contributed by atoms with Crippen LogP contribution in [0.2, 0.25) is 0 Å². The van der Waals surface area contributed by atoms with Gasteiger partial charge < -0.3 is 5.73 Å². The Hall–Kier alpha value is -2.42. The molecular formula is C23H28N2. The fraction of sp³-hybridized carbons (Fsp3) is 0.217. The number of benzene rings is 3. The standard InChI is InChI=1S/C16H20N2.C7H8/c17-11-12-18(13-15-7-3-1-4-8-15)14-16-9-5-2-6-10-16;1-7-5-3-2-4-6-7/h1-10H,11-14,17H2;2-6H,1H3. The fourth-order valence-electron chi connectivity index (χ4n) is 2.61. The number of nitrogens with two attached hydrogens (primary N) is 1. The average molecular weight is 332 g/mol. The van der Waals surface area contributed by atoms with E-state index in [1.165, 1.54) is 16.7 Å². The van der Waals surface area contributed by atoms with E-state index in [2.05, 4.69) is 72.5 Å². The molecule has 0 saturated heterocycles. The fourth-order valence-corrected chi connectivity index (χ4v) is 2.61. The van der Waals surface area contributed by atoms with E-state index in [4.69, 9.17) is 5.73 Å². The van der Waals surface area contributed by atoms with E-state index in [-0.39, 0.29) is 0 Å². The summed E-state index contributed by atoms with van der Waals surface area (Å²) in [5.41, 5.74) is 9.69. The van der Waals surface area contributed by atoms with Gasteiger partial charge >= 0.3 is 0 Å². The normalized spacial score (nSPS) is 10.2. The average Bonchev–Trinajstić information content (AvgIpc) is 2.65. The summed E-state index contributed by atoms with van der Waals surface area (Å²) in [5.74, 6) is 0. The molecule has 2 nitrogen and oxygen atoms in total. The van der Waals surface area contributed by atoms with Gasteiger partial charge in [-0.1, -0.05) is 96.6 Å². The molecule has 0 unspecified atom stereocenters. The first-order valence-corrected chi connectivity index (χ1v) is 8.80. The van der Waals surface area contributed by atoms with Gasteiger partial charge in [0, 0.05) is 26.2 Å². The van der Waals surface area contributed by atoms with Gasteiger partial charge in [0.1, 0.15) is 0 Å². The van der Waals surface area contributed by atoms with Crippen molar-refractivity contribution >= 4 is 0 Å². The number of rotatable bonds is 6. The van der Waals surface area contributed by atoms with Crippen LogP contribution in [0.5, 0.6) is 0 Å². The Balaban J connectivity index is 0.000000269. The Morgan fingerprint density at radius 2 is 1.04 bits per heavy atom. The number of hydrogen-bond donors (Lipinski definition) is 1. The van der Waals surface area contributed by atoms with Crippen LogP contribution in [0, 0.1) is 6.92 Å². The van der Waals surface area contributed by atoms with Crippen LogP contribution in [-0.4, -0.2) is 18.0 Å². The highest BCUT2D eigenvalue weighted by Gasteiger charge is 2.05. The lowest BCUT2D eigenvalue weighted by Gasteiger charge is -2.21. The molecule has 25 heavy (non-hydrogen) atoms. The van der Waals surface area contributed by atoms with Crippen LogP contribution in [0.15, 0.2) is 91.0 Å². The van der Waals surface area contributed by atoms with Gasteiger partial charge in [-0.15, -0.1) is 0 Å². The molecular weight excluding hydrogens is 304 g/mol. The van der Waals surface area contributed by atoms with Crippen LogP contribution in [-0.2, 0) is 13.1 Å². The van der Waals surface area contributed by atoms with Gasteiger partial charge in [0.25, 0.3) is 0 Å². The minimum Gasteiger partial charge on any atom is -0.329 e. The first-order chi connectivity index (χ1) is 12.3. The summed E-state index contributed by atoms with van der Waals surface area (Å²) in [6, 6.07) is 31.3. The molecule has 3 aromatic rings. The maximum atomic E-state index is 5.70. The third-order valence-electron chi connectivity index (χ3n) is 3.88. The molecule has 2 heteroatoms. The molecule has 0 aliphatic heterocycles. The SMILES string of the molecule is Cc1ccccc1.NCCN(Cc1ccccc1)Cc1ccccc1. The lowest BCUT2D eigenvalue weighted by molar-refractivity contribution is 0.264. The highest BCUT2D eigenvalue weighted by atomic mass is 15.1. The molecule has 0 fully saturated rings. The van der Waals surface area contributed by atoms with Crippen molar-refractivity contribution in [3.63, 3.8) is 0 Å². The van der Waals surface area contributed by atoms with Crippen molar-refractivity contribution in [1.29, 1.82) is 0 Å². The Morgan fingerprint density at radius 3 is 1.36 bits per heavy atom. The molecule has 0 atom stereocenters. The molecule has 130 valence electrons. The Labute approximate surface area is 151 Å². The van der Waals surface area contributed by atoms with Gasteiger partial charge in [0.05, 0.1) is 0 Å². The number of hydrogen-bond acceptors (Lipinski definition) is 2. The highest BCUT2D eigenvalue weighted by Crippen LogP contribution is 2.09. The Morgan fingerprint density at radius 1 is 0.640 bits per heavy atom. The van der Waals surface area contributed by atoms with Gasteiger partial charge in [-0.3, -0.25) is 4.90 Å². The molecule has 2 N–H and O–H groups in total. The maximum Gasteiger partial charge on any atom is 0.0237 e. The minimum atomic E-state index is 0.694. The second-order valence-corrected chi connectivity index (χ2v) is 6.13. The smallest absolute Gasteiger partial charge is 0.0237 e. The van der Waals surface area contributed by atoms with Crippen molar-refractivity contribution in [3.05, 3.63) is 108 Å². The third-order valence-corrected chi connectivity index (χ3v) is 3.88. The monoisotopic (exact) mass is 332 g/mol. The molecule has 3 aromatic carbocycles. The topological polar surface area (TPSA) is 29.3 Å². The molecule has 0 aliphatic carbocycles. The zero-order chi connectivity index (χ0) is 17.7. The first-order valence-electron chi connectivity index (χ1n) is 8.80. The lowest BCUT2D eigenvalue weighted by atomic mass is 10.1. The highest BCUT2D eigenvalue weighted by molar-refractivity contribution is 5.17. The van der Waals surface area contributed by atoms with Crippen molar-refractivity contribution < 1.29 is 0 Å². The summed E-state index contributed by atoms with van der Waals surface area (Å²) >= 11 is 0. The van der Waals surface area contributed by atoms with Gasteiger partial charge in [0.2, 0.25) is 0 Å². The third kappa shape index (κ3) is 7.79. The first kappa shape index (κ1) is 18.9. The van der Waals surface area contributed by atoms with Crippen LogP contribution in [0.25, 0.3) is 0 Å². The molecule has 0 saturated carbocycles. The van der Waals surface area contributed by atoms with Crippen LogP contribution in [0.4, 0.5) is 0 Å². The van der Waals surface area contributed by atoms with Gasteiger partial charge in [-0.25, -0.2) is 0 Å². The molecule has 0 spiro atoms. The van der Waals surface area contributed by atoms with E-state index in [0.29, 0.717) is 6.54 Å². The second kappa shape index (κ2) is 11.2. The van der Waals surface area contributed by atoms with Crippen LogP contribution in [0.1, 0.15) is 16.7 Å². The van der Waals surface area contributed by atoms with Crippen molar-refractivity contribution in [3.8, 4) is 0 Å². The summed E-state index contributed by atoms with van der Waals surface area (Å²) in [6.45, 7) is 5.60. The largest absolute Gasteiger partial charge is 0.329 e. The van der Waals surface area contributed by atoms with Crippen LogP contribution >= 0.6 is 0 Å². The van der Waals surface area contributed by atoms with Crippen molar-refractivity contribution in [2.45, 2.75) is 20.0 Å². The van der Waals surface area contributed by atoms with Gasteiger partial charge in [-0.05, 0) is 18.1 Å².